The first-order valence-electron chi connectivity index (χ1n) is 16.1. The SMILES string of the molecule is CN(Cc1nccc(COc2ccc(C(C)(C)c3ccc(OC(c4ccccc4)(c4ccccc4)c4ccccc4)cc3)cc2)n1)[SH](=O)=O. The van der Waals surface area contributed by atoms with Gasteiger partial charge in [-0.2, -0.15) is 4.31 Å². The molecule has 0 radical (unpaired) electrons. The zero-order valence-electron chi connectivity index (χ0n) is 27.8. The molecule has 8 heteroatoms. The Kier molecular flexibility index (Phi) is 10.2. The lowest BCUT2D eigenvalue weighted by atomic mass is 9.78. The predicted molar refractivity (Wildman–Crippen MR) is 193 cm³/mol. The van der Waals surface area contributed by atoms with Crippen LogP contribution < -0.4 is 9.47 Å². The Labute approximate surface area is 289 Å². The largest absolute Gasteiger partial charge is 0.487 e. The molecule has 0 fully saturated rings. The van der Waals surface area contributed by atoms with E-state index in [2.05, 4.69) is 133 Å². The Morgan fingerprint density at radius 3 is 1.55 bits per heavy atom. The van der Waals surface area contributed by atoms with Crippen LogP contribution in [0.25, 0.3) is 0 Å². The van der Waals surface area contributed by atoms with E-state index in [9.17, 15) is 8.42 Å². The van der Waals surface area contributed by atoms with Crippen molar-refractivity contribution in [3.05, 3.63) is 191 Å². The number of rotatable bonds is 13. The van der Waals surface area contributed by atoms with Gasteiger partial charge in [-0.05, 0) is 41.5 Å². The summed E-state index contributed by atoms with van der Waals surface area (Å²) in [5.74, 6) is 1.89. The van der Waals surface area contributed by atoms with Crippen LogP contribution in [0.15, 0.2) is 152 Å². The number of ether oxygens (including phenoxy) is 2. The number of aromatic nitrogens is 2. The van der Waals surface area contributed by atoms with Crippen molar-refractivity contribution in [3.8, 4) is 11.5 Å². The smallest absolute Gasteiger partial charge is 0.204 e. The summed E-state index contributed by atoms with van der Waals surface area (Å²) in [7, 11) is -1.20. The van der Waals surface area contributed by atoms with Gasteiger partial charge < -0.3 is 9.47 Å². The maximum Gasteiger partial charge on any atom is 0.204 e. The fraction of sp³-hybridized carbons (Fsp3) is 0.171. The van der Waals surface area contributed by atoms with Gasteiger partial charge in [-0.1, -0.05) is 129 Å². The minimum absolute atomic E-state index is 0.109. The molecule has 0 spiro atoms. The van der Waals surface area contributed by atoms with Gasteiger partial charge >= 0.3 is 0 Å². The second-order valence-corrected chi connectivity index (χ2v) is 13.5. The Bertz CT molecular complexity index is 1930. The van der Waals surface area contributed by atoms with Crippen molar-refractivity contribution in [2.24, 2.45) is 0 Å². The van der Waals surface area contributed by atoms with E-state index in [1.165, 1.54) is 11.4 Å². The van der Waals surface area contributed by atoms with Crippen molar-refractivity contribution < 1.29 is 17.9 Å². The number of nitrogens with zero attached hydrogens (tertiary/aromatic N) is 3. The van der Waals surface area contributed by atoms with E-state index >= 15 is 0 Å². The average molecular weight is 670 g/mol. The maximum absolute atomic E-state index is 11.2. The van der Waals surface area contributed by atoms with Gasteiger partial charge in [0.15, 0.2) is 5.60 Å². The van der Waals surface area contributed by atoms with E-state index in [4.69, 9.17) is 9.47 Å². The summed E-state index contributed by atoms with van der Waals surface area (Å²) in [6, 6.07) is 49.3. The minimum Gasteiger partial charge on any atom is -0.487 e. The van der Waals surface area contributed by atoms with Crippen molar-refractivity contribution in [2.75, 3.05) is 7.05 Å². The topological polar surface area (TPSA) is 81.6 Å². The van der Waals surface area contributed by atoms with Crippen LogP contribution in [0.3, 0.4) is 0 Å². The Morgan fingerprint density at radius 2 is 1.08 bits per heavy atom. The van der Waals surface area contributed by atoms with Crippen molar-refractivity contribution in [1.29, 1.82) is 0 Å². The summed E-state index contributed by atoms with van der Waals surface area (Å²) in [6.07, 6.45) is 1.61. The average Bonchev–Trinajstić information content (AvgIpc) is 3.14. The summed E-state index contributed by atoms with van der Waals surface area (Å²) in [5, 5.41) is 0. The molecule has 6 aromatic rings. The summed E-state index contributed by atoms with van der Waals surface area (Å²) in [4.78, 5) is 8.60. The van der Waals surface area contributed by atoms with Crippen LogP contribution in [0, 0.1) is 0 Å². The van der Waals surface area contributed by atoms with Gasteiger partial charge in [0, 0.05) is 35.3 Å². The highest BCUT2D eigenvalue weighted by Crippen LogP contribution is 2.42. The zero-order chi connectivity index (χ0) is 34.3. The molecule has 0 aliphatic heterocycles. The van der Waals surface area contributed by atoms with Gasteiger partial charge in [0.25, 0.3) is 0 Å². The van der Waals surface area contributed by atoms with Gasteiger partial charge in [0.05, 0.1) is 12.2 Å². The molecule has 0 aliphatic rings. The predicted octanol–water partition coefficient (Wildman–Crippen LogP) is 7.71. The molecule has 0 unspecified atom stereocenters. The third kappa shape index (κ3) is 7.56. The van der Waals surface area contributed by atoms with E-state index in [1.807, 2.05) is 30.3 Å². The normalized spacial score (nSPS) is 11.9. The molecule has 0 N–H and O–H groups in total. The van der Waals surface area contributed by atoms with Gasteiger partial charge in [-0.15, -0.1) is 0 Å². The number of hydrogen-bond acceptors (Lipinski definition) is 6. The summed E-state index contributed by atoms with van der Waals surface area (Å²) in [6.45, 7) is 4.76. The highest BCUT2D eigenvalue weighted by molar-refractivity contribution is 7.69. The van der Waals surface area contributed by atoms with Crippen molar-refractivity contribution in [3.63, 3.8) is 0 Å². The molecule has 1 aromatic heterocycles. The lowest BCUT2D eigenvalue weighted by Crippen LogP contribution is -2.36. The van der Waals surface area contributed by atoms with E-state index in [0.717, 1.165) is 33.6 Å². The molecule has 0 aliphatic carbocycles. The second-order valence-electron chi connectivity index (χ2n) is 12.4. The van der Waals surface area contributed by atoms with E-state index < -0.39 is 16.5 Å². The molecule has 0 saturated carbocycles. The van der Waals surface area contributed by atoms with E-state index in [-0.39, 0.29) is 18.6 Å². The van der Waals surface area contributed by atoms with Gasteiger partial charge in [0.2, 0.25) is 10.9 Å². The molecule has 7 nitrogen and oxygen atoms in total. The van der Waals surface area contributed by atoms with Crippen LogP contribution in [0.2, 0.25) is 0 Å². The molecule has 0 amide bonds. The molecule has 0 atom stereocenters. The molecule has 49 heavy (non-hydrogen) atoms. The first-order chi connectivity index (χ1) is 23.8. The Morgan fingerprint density at radius 1 is 0.612 bits per heavy atom. The monoisotopic (exact) mass is 669 g/mol. The highest BCUT2D eigenvalue weighted by atomic mass is 32.2. The van der Waals surface area contributed by atoms with Crippen LogP contribution in [0.5, 0.6) is 11.5 Å². The third-order valence-corrected chi connectivity index (χ3v) is 9.46. The highest BCUT2D eigenvalue weighted by Gasteiger charge is 2.39. The molecular formula is C41H39N3O4S. The number of benzene rings is 5. The van der Waals surface area contributed by atoms with Crippen molar-refractivity contribution in [2.45, 2.75) is 38.0 Å². The number of thiol groups is 1. The van der Waals surface area contributed by atoms with Crippen molar-refractivity contribution in [1.82, 2.24) is 14.3 Å². The quantitative estimate of drug-likeness (QED) is 0.100. The molecule has 248 valence electrons. The first kappa shape index (κ1) is 33.6. The standard InChI is InChI=1S/C41H39N3O4S/c1-40(2,31-19-23-37(24-20-31)47-30-36-27-28-42-39(43-36)29-44(3)49(45)46)32-21-25-38(26-22-32)48-41(33-13-7-4-8-14-33,34-15-9-5-10-16-34)35-17-11-6-12-18-35/h4-28,49H,29-30H2,1-3H3. The lowest BCUT2D eigenvalue weighted by molar-refractivity contribution is 0.155. The molecule has 0 bridgehead atoms. The molecule has 6 rings (SSSR count). The zero-order valence-corrected chi connectivity index (χ0v) is 28.7. The minimum atomic E-state index is -2.69. The fourth-order valence-electron chi connectivity index (χ4n) is 5.96. The van der Waals surface area contributed by atoms with Gasteiger partial charge in [-0.3, -0.25) is 0 Å². The lowest BCUT2D eigenvalue weighted by Gasteiger charge is -2.36. The van der Waals surface area contributed by atoms with Gasteiger partial charge in [-0.25, -0.2) is 18.4 Å². The maximum atomic E-state index is 11.2. The van der Waals surface area contributed by atoms with Crippen LogP contribution >= 0.6 is 0 Å². The molecule has 1 heterocycles. The summed E-state index contributed by atoms with van der Waals surface area (Å²) < 4.78 is 36.6. The van der Waals surface area contributed by atoms with Crippen LogP contribution in [-0.2, 0) is 35.1 Å². The second kappa shape index (κ2) is 14.8. The molecular weight excluding hydrogens is 631 g/mol. The van der Waals surface area contributed by atoms with Crippen LogP contribution in [-0.4, -0.2) is 29.7 Å². The van der Waals surface area contributed by atoms with E-state index in [1.54, 1.807) is 12.3 Å². The van der Waals surface area contributed by atoms with Gasteiger partial charge in [0.1, 0.15) is 23.9 Å². The summed E-state index contributed by atoms with van der Waals surface area (Å²) in [5.41, 5.74) is 4.96. The molecule has 0 saturated heterocycles. The molecule has 5 aromatic carbocycles. The van der Waals surface area contributed by atoms with Crippen LogP contribution in [0.1, 0.15) is 53.2 Å². The summed E-state index contributed by atoms with van der Waals surface area (Å²) >= 11 is 0. The Balaban J connectivity index is 1.21. The Hall–Kier alpha value is -5.31. The number of hydrogen-bond donors (Lipinski definition) is 1. The van der Waals surface area contributed by atoms with E-state index in [0.29, 0.717) is 17.3 Å². The third-order valence-electron chi connectivity index (χ3n) is 8.76. The first-order valence-corrected chi connectivity index (χ1v) is 17.2. The van der Waals surface area contributed by atoms with Crippen LogP contribution in [0.4, 0.5) is 0 Å². The fourth-order valence-corrected chi connectivity index (χ4v) is 6.21. The van der Waals surface area contributed by atoms with Crippen molar-refractivity contribution >= 4 is 10.9 Å².